The summed E-state index contributed by atoms with van der Waals surface area (Å²) >= 11 is 0. The lowest BCUT2D eigenvalue weighted by Crippen LogP contribution is -2.60. The SMILES string of the molecule is C=CC(=O)N1C(C)CN(C2=NC(O)N(c3c(C(C)C)ncnc3C(C)C)c3nc(-c4c(N)cccc4F)c(F)cc32)CC1C. The molecule has 44 heavy (non-hydrogen) atoms. The van der Waals surface area contributed by atoms with E-state index in [0.29, 0.717) is 41.6 Å². The molecule has 0 aliphatic carbocycles. The van der Waals surface area contributed by atoms with Gasteiger partial charge in [-0.2, -0.15) is 0 Å². The molecular weight excluding hydrogens is 566 g/mol. The molecule has 2 aromatic heterocycles. The van der Waals surface area contributed by atoms with E-state index in [1.807, 2.05) is 46.4 Å². The number of aromatic nitrogens is 3. The lowest BCUT2D eigenvalue weighted by molar-refractivity contribution is -0.132. The number of amidine groups is 1. The minimum Gasteiger partial charge on any atom is -0.398 e. The van der Waals surface area contributed by atoms with Gasteiger partial charge in [-0.05, 0) is 50.0 Å². The molecule has 10 nitrogen and oxygen atoms in total. The number of rotatable bonds is 5. The van der Waals surface area contributed by atoms with Gasteiger partial charge in [0.05, 0.1) is 28.2 Å². The topological polar surface area (TPSA) is 124 Å². The molecule has 0 bridgehead atoms. The molecule has 2 aliphatic rings. The highest BCUT2D eigenvalue weighted by atomic mass is 19.1. The quantitative estimate of drug-likeness (QED) is 0.311. The van der Waals surface area contributed by atoms with Crippen LogP contribution < -0.4 is 10.6 Å². The number of nitrogens with two attached hydrogens (primary N) is 1. The van der Waals surface area contributed by atoms with Crippen LogP contribution in [0.1, 0.15) is 70.3 Å². The number of carbonyl (C=O) groups is 1. The van der Waals surface area contributed by atoms with E-state index in [-0.39, 0.29) is 52.6 Å². The van der Waals surface area contributed by atoms with Crippen molar-refractivity contribution in [2.75, 3.05) is 23.7 Å². The van der Waals surface area contributed by atoms with Crippen molar-refractivity contribution < 1.29 is 18.7 Å². The number of pyridine rings is 1. The Bertz CT molecular complexity index is 1580. The summed E-state index contributed by atoms with van der Waals surface area (Å²) in [6.45, 7) is 16.0. The zero-order valence-electron chi connectivity index (χ0n) is 25.8. The van der Waals surface area contributed by atoms with Gasteiger partial charge in [0.1, 0.15) is 29.5 Å². The molecule has 0 spiro atoms. The van der Waals surface area contributed by atoms with Gasteiger partial charge in [-0.3, -0.25) is 9.69 Å². The van der Waals surface area contributed by atoms with Gasteiger partial charge in [-0.25, -0.2) is 28.7 Å². The maximum absolute atomic E-state index is 16.0. The van der Waals surface area contributed by atoms with Crippen LogP contribution in [0.3, 0.4) is 0 Å². The summed E-state index contributed by atoms with van der Waals surface area (Å²) in [7, 11) is 0. The Morgan fingerprint density at radius 2 is 1.68 bits per heavy atom. The smallest absolute Gasteiger partial charge is 0.246 e. The van der Waals surface area contributed by atoms with E-state index in [0.717, 1.165) is 0 Å². The first-order chi connectivity index (χ1) is 20.8. The molecule has 1 saturated heterocycles. The molecule has 3 atom stereocenters. The molecule has 1 fully saturated rings. The average Bonchev–Trinajstić information content (AvgIpc) is 2.96. The summed E-state index contributed by atoms with van der Waals surface area (Å²) in [6, 6.07) is 4.90. The first-order valence-electron chi connectivity index (χ1n) is 14.7. The molecule has 232 valence electrons. The summed E-state index contributed by atoms with van der Waals surface area (Å²) < 4.78 is 31.2. The number of hydrogen-bond acceptors (Lipinski definition) is 9. The summed E-state index contributed by atoms with van der Waals surface area (Å²) in [5, 5.41) is 11.8. The molecule has 12 heteroatoms. The Morgan fingerprint density at radius 3 is 2.23 bits per heavy atom. The third-order valence-electron chi connectivity index (χ3n) is 8.04. The normalized spacial score (nSPS) is 20.2. The number of fused-ring (bicyclic) bond motifs is 1. The van der Waals surface area contributed by atoms with Crippen molar-refractivity contribution in [2.24, 2.45) is 4.99 Å². The summed E-state index contributed by atoms with van der Waals surface area (Å²) in [4.78, 5) is 36.2. The first-order valence-corrected chi connectivity index (χ1v) is 14.7. The van der Waals surface area contributed by atoms with E-state index in [1.165, 1.54) is 41.6 Å². The van der Waals surface area contributed by atoms with E-state index in [9.17, 15) is 9.90 Å². The van der Waals surface area contributed by atoms with Crippen LogP contribution in [-0.4, -0.2) is 73.1 Å². The van der Waals surface area contributed by atoms with Crippen LogP contribution in [0.15, 0.2) is 48.2 Å². The van der Waals surface area contributed by atoms with Crippen LogP contribution in [0.25, 0.3) is 11.3 Å². The fraction of sp³-hybridized carbons (Fsp3) is 0.406. The number of carbonyl (C=O) groups excluding carboxylic acids is 1. The lowest BCUT2D eigenvalue weighted by Gasteiger charge is -2.46. The standard InChI is InChI=1S/C32H38F2N8O2/c1-8-24(43)41-18(6)13-40(14-19(41)7)30-20-12-22(34)28(25-21(33)10-9-11-23(25)35)38-31(20)42(32(44)39-30)29-26(16(2)3)36-15-37-27(29)17(4)5/h8-12,15-19,32,44H,1,13-14,35H2,2-7H3. The van der Waals surface area contributed by atoms with Gasteiger partial charge in [0.15, 0.2) is 5.82 Å². The van der Waals surface area contributed by atoms with Crippen molar-refractivity contribution in [2.45, 2.75) is 71.8 Å². The van der Waals surface area contributed by atoms with Crippen LogP contribution in [0.4, 0.5) is 26.0 Å². The molecular formula is C32H38F2N8O2. The van der Waals surface area contributed by atoms with Crippen LogP contribution in [-0.2, 0) is 4.79 Å². The number of anilines is 3. The fourth-order valence-corrected chi connectivity index (χ4v) is 6.15. The van der Waals surface area contributed by atoms with Gasteiger partial charge in [0, 0.05) is 30.9 Å². The van der Waals surface area contributed by atoms with Gasteiger partial charge in [0.25, 0.3) is 0 Å². The third-order valence-corrected chi connectivity index (χ3v) is 8.04. The maximum atomic E-state index is 16.0. The Balaban J connectivity index is 1.76. The van der Waals surface area contributed by atoms with Crippen molar-refractivity contribution in [1.29, 1.82) is 0 Å². The zero-order chi connectivity index (χ0) is 32.0. The number of aliphatic imine (C=N–C) groups is 1. The number of amides is 1. The second-order valence-corrected chi connectivity index (χ2v) is 11.9. The highest BCUT2D eigenvalue weighted by molar-refractivity contribution is 6.06. The maximum Gasteiger partial charge on any atom is 0.246 e. The van der Waals surface area contributed by atoms with Crippen molar-refractivity contribution in [3.8, 4) is 11.3 Å². The molecule has 1 aromatic carbocycles. The molecule has 4 heterocycles. The number of nitrogens with zero attached hydrogens (tertiary/aromatic N) is 7. The number of benzene rings is 1. The molecule has 0 saturated carbocycles. The van der Waals surface area contributed by atoms with Gasteiger partial charge in [-0.15, -0.1) is 0 Å². The van der Waals surface area contributed by atoms with Crippen molar-refractivity contribution in [3.63, 3.8) is 0 Å². The minimum atomic E-state index is -1.50. The zero-order valence-corrected chi connectivity index (χ0v) is 25.8. The fourth-order valence-electron chi connectivity index (χ4n) is 6.15. The number of hydrogen-bond donors (Lipinski definition) is 2. The van der Waals surface area contributed by atoms with Crippen molar-refractivity contribution in [1.82, 2.24) is 24.8 Å². The van der Waals surface area contributed by atoms with Crippen LogP contribution in [0.2, 0.25) is 0 Å². The molecule has 1 amide bonds. The van der Waals surface area contributed by atoms with Crippen LogP contribution in [0, 0.1) is 11.6 Å². The average molecular weight is 605 g/mol. The van der Waals surface area contributed by atoms with E-state index in [2.05, 4.69) is 26.5 Å². The van der Waals surface area contributed by atoms with E-state index in [1.54, 1.807) is 4.90 Å². The van der Waals surface area contributed by atoms with Crippen LogP contribution >= 0.6 is 0 Å². The Hall–Kier alpha value is -4.45. The second kappa shape index (κ2) is 11.9. The number of nitrogen functional groups attached to an aromatic ring is 1. The van der Waals surface area contributed by atoms with Crippen LogP contribution in [0.5, 0.6) is 0 Å². The summed E-state index contributed by atoms with van der Waals surface area (Å²) in [5.41, 5.74) is 7.75. The molecule has 3 aromatic rings. The number of halogens is 2. The van der Waals surface area contributed by atoms with Crippen molar-refractivity contribution in [3.05, 3.63) is 71.8 Å². The third kappa shape index (κ3) is 5.27. The molecule has 5 rings (SSSR count). The number of aliphatic hydroxyl groups excluding tert-OH is 1. The van der Waals surface area contributed by atoms with E-state index >= 15 is 8.78 Å². The Morgan fingerprint density at radius 1 is 1.07 bits per heavy atom. The Labute approximate surface area is 256 Å². The van der Waals surface area contributed by atoms with Crippen molar-refractivity contribution >= 4 is 28.9 Å². The largest absolute Gasteiger partial charge is 0.398 e. The summed E-state index contributed by atoms with van der Waals surface area (Å²) in [6.07, 6.45) is 1.27. The first kappa shape index (κ1) is 31.0. The lowest BCUT2D eigenvalue weighted by atomic mass is 9.99. The van der Waals surface area contributed by atoms with E-state index in [4.69, 9.17) is 5.73 Å². The van der Waals surface area contributed by atoms with Gasteiger partial charge in [0.2, 0.25) is 12.3 Å². The predicted molar refractivity (Wildman–Crippen MR) is 166 cm³/mol. The monoisotopic (exact) mass is 604 g/mol. The minimum absolute atomic E-state index is 0.0209. The van der Waals surface area contributed by atoms with Gasteiger partial charge < -0.3 is 20.6 Å². The summed E-state index contributed by atoms with van der Waals surface area (Å²) in [5.74, 6) is -1.41. The van der Waals surface area contributed by atoms with E-state index < -0.39 is 18.0 Å². The molecule has 2 aliphatic heterocycles. The highest BCUT2D eigenvalue weighted by Crippen LogP contribution is 2.43. The number of aliphatic hydroxyl groups is 1. The number of piperazine rings is 1. The highest BCUT2D eigenvalue weighted by Gasteiger charge is 2.40. The molecule has 3 unspecified atom stereocenters. The second-order valence-electron chi connectivity index (χ2n) is 11.9. The molecule has 3 N–H and O–H groups in total. The molecule has 0 radical (unpaired) electrons. The van der Waals surface area contributed by atoms with Gasteiger partial charge in [-0.1, -0.05) is 40.3 Å². The predicted octanol–water partition coefficient (Wildman–Crippen LogP) is 4.93. The van der Waals surface area contributed by atoms with Gasteiger partial charge >= 0.3 is 0 Å². The Kier molecular flexibility index (Phi) is 8.39.